The number of hydrogen-bond acceptors (Lipinski definition) is 4. The number of amides is 1. The molecular weight excluding hydrogens is 287 g/mol. The molecule has 1 heterocycles. The largest absolute Gasteiger partial charge is 0.406 e. The van der Waals surface area contributed by atoms with E-state index in [0.717, 1.165) is 4.90 Å². The summed E-state index contributed by atoms with van der Waals surface area (Å²) in [6, 6.07) is 2.73. The molecule has 0 bridgehead atoms. The van der Waals surface area contributed by atoms with Gasteiger partial charge in [-0.1, -0.05) is 0 Å². The molecular formula is C13H18F3N3O2. The molecule has 0 saturated heterocycles. The molecule has 0 saturated carbocycles. The molecule has 118 valence electrons. The first-order valence-corrected chi connectivity index (χ1v) is 6.48. The fourth-order valence-corrected chi connectivity index (χ4v) is 1.66. The average Bonchev–Trinajstić information content (AvgIpc) is 2.41. The number of alkyl halides is 3. The van der Waals surface area contributed by atoms with Gasteiger partial charge in [-0.3, -0.25) is 4.79 Å². The van der Waals surface area contributed by atoms with Crippen LogP contribution in [0.15, 0.2) is 18.3 Å². The maximum atomic E-state index is 12.6. The van der Waals surface area contributed by atoms with Gasteiger partial charge in [-0.25, -0.2) is 4.98 Å². The highest BCUT2D eigenvalue weighted by atomic mass is 19.4. The van der Waals surface area contributed by atoms with Crippen LogP contribution in [0, 0.1) is 0 Å². The van der Waals surface area contributed by atoms with Crippen molar-refractivity contribution in [1.82, 2.24) is 9.88 Å². The summed E-state index contributed by atoms with van der Waals surface area (Å²) in [6.45, 7) is 1.20. The van der Waals surface area contributed by atoms with Gasteiger partial charge in [0.25, 0.3) is 5.91 Å². The molecule has 0 spiro atoms. The third kappa shape index (κ3) is 6.44. The third-order valence-electron chi connectivity index (χ3n) is 2.58. The Kier molecular flexibility index (Phi) is 6.41. The molecule has 0 radical (unpaired) electrons. The molecule has 0 aliphatic heterocycles. The Morgan fingerprint density at radius 2 is 2.14 bits per heavy atom. The van der Waals surface area contributed by atoms with E-state index < -0.39 is 18.6 Å². The number of nitrogens with two attached hydrogens (primary N) is 1. The van der Waals surface area contributed by atoms with Crippen molar-refractivity contribution >= 4 is 11.6 Å². The summed E-state index contributed by atoms with van der Waals surface area (Å²) in [5.41, 5.74) is 5.71. The Hall–Kier alpha value is -1.83. The molecule has 1 rings (SSSR count). The van der Waals surface area contributed by atoms with Crippen LogP contribution < -0.4 is 5.73 Å². The van der Waals surface area contributed by atoms with Gasteiger partial charge in [0.15, 0.2) is 0 Å². The number of ether oxygens (including phenoxy) is 1. The van der Waals surface area contributed by atoms with E-state index in [2.05, 4.69) is 4.98 Å². The lowest BCUT2D eigenvalue weighted by Crippen LogP contribution is -2.40. The van der Waals surface area contributed by atoms with E-state index in [9.17, 15) is 18.0 Å². The van der Waals surface area contributed by atoms with Gasteiger partial charge in [0.1, 0.15) is 12.2 Å². The smallest absolute Gasteiger partial charge is 0.397 e. The molecule has 1 aromatic rings. The number of anilines is 1. The first kappa shape index (κ1) is 17.2. The maximum absolute atomic E-state index is 12.6. The number of carbonyl (C=O) groups excluding carboxylic acids is 1. The Labute approximate surface area is 120 Å². The van der Waals surface area contributed by atoms with Gasteiger partial charge in [0.2, 0.25) is 0 Å². The monoisotopic (exact) mass is 305 g/mol. The van der Waals surface area contributed by atoms with E-state index in [1.54, 1.807) is 6.92 Å². The van der Waals surface area contributed by atoms with Gasteiger partial charge in [-0.15, -0.1) is 0 Å². The van der Waals surface area contributed by atoms with Crippen LogP contribution >= 0.6 is 0 Å². The van der Waals surface area contributed by atoms with Gasteiger partial charge < -0.3 is 15.4 Å². The van der Waals surface area contributed by atoms with Crippen LogP contribution in [-0.2, 0) is 4.74 Å². The predicted molar refractivity (Wildman–Crippen MR) is 71.7 cm³/mol. The molecule has 8 heteroatoms. The van der Waals surface area contributed by atoms with Gasteiger partial charge >= 0.3 is 6.18 Å². The highest BCUT2D eigenvalue weighted by Gasteiger charge is 2.33. The molecule has 0 aliphatic carbocycles. The minimum Gasteiger partial charge on any atom is -0.397 e. The average molecular weight is 305 g/mol. The van der Waals surface area contributed by atoms with Crippen LogP contribution in [0.5, 0.6) is 0 Å². The summed E-state index contributed by atoms with van der Waals surface area (Å²) < 4.78 is 42.7. The molecule has 21 heavy (non-hydrogen) atoms. The van der Waals surface area contributed by atoms with Gasteiger partial charge in [0.05, 0.1) is 11.9 Å². The zero-order chi connectivity index (χ0) is 15.9. The van der Waals surface area contributed by atoms with Gasteiger partial charge in [-0.2, -0.15) is 13.2 Å². The number of pyridine rings is 1. The van der Waals surface area contributed by atoms with Crippen LogP contribution in [-0.4, -0.2) is 48.3 Å². The third-order valence-corrected chi connectivity index (χ3v) is 2.58. The normalized spacial score (nSPS) is 11.4. The topological polar surface area (TPSA) is 68.5 Å². The van der Waals surface area contributed by atoms with Crippen molar-refractivity contribution in [1.29, 1.82) is 0 Å². The van der Waals surface area contributed by atoms with E-state index in [4.69, 9.17) is 10.5 Å². The number of carbonyl (C=O) groups is 1. The Balaban J connectivity index is 2.74. The maximum Gasteiger partial charge on any atom is 0.406 e. The quantitative estimate of drug-likeness (QED) is 0.783. The fourth-order valence-electron chi connectivity index (χ4n) is 1.66. The zero-order valence-corrected chi connectivity index (χ0v) is 11.7. The molecule has 1 amide bonds. The molecule has 1 aromatic heterocycles. The summed E-state index contributed by atoms with van der Waals surface area (Å²) in [6.07, 6.45) is -2.90. The van der Waals surface area contributed by atoms with Crippen LogP contribution in [0.2, 0.25) is 0 Å². The number of halogens is 3. The van der Waals surface area contributed by atoms with Crippen LogP contribution in [0.3, 0.4) is 0 Å². The van der Waals surface area contributed by atoms with E-state index in [0.29, 0.717) is 25.3 Å². The van der Waals surface area contributed by atoms with Crippen LogP contribution in [0.1, 0.15) is 23.8 Å². The van der Waals surface area contributed by atoms with Gasteiger partial charge in [0, 0.05) is 19.8 Å². The minimum absolute atomic E-state index is 0.0512. The Morgan fingerprint density at radius 3 is 2.67 bits per heavy atom. The van der Waals surface area contributed by atoms with Crippen molar-refractivity contribution in [3.05, 3.63) is 24.0 Å². The molecule has 2 N–H and O–H groups in total. The molecule has 0 aromatic carbocycles. The SMILES string of the molecule is CCOCCCN(CC(F)(F)F)C(=O)c1ccc(N)cn1. The summed E-state index contributed by atoms with van der Waals surface area (Å²) in [4.78, 5) is 16.6. The lowest BCUT2D eigenvalue weighted by Gasteiger charge is -2.23. The Bertz CT molecular complexity index is 449. The number of rotatable bonds is 7. The number of aromatic nitrogens is 1. The summed E-state index contributed by atoms with van der Waals surface area (Å²) in [5, 5.41) is 0. The predicted octanol–water partition coefficient (Wildman–Crippen LogP) is 2.09. The lowest BCUT2D eigenvalue weighted by atomic mass is 10.2. The molecule has 0 fully saturated rings. The van der Waals surface area contributed by atoms with Crippen molar-refractivity contribution in [2.45, 2.75) is 19.5 Å². The summed E-state index contributed by atoms with van der Waals surface area (Å²) in [7, 11) is 0. The first-order valence-electron chi connectivity index (χ1n) is 6.48. The molecule has 5 nitrogen and oxygen atoms in total. The highest BCUT2D eigenvalue weighted by Crippen LogP contribution is 2.18. The number of nitrogens with zero attached hydrogens (tertiary/aromatic N) is 2. The van der Waals surface area contributed by atoms with Crippen molar-refractivity contribution in [2.24, 2.45) is 0 Å². The minimum atomic E-state index is -4.46. The van der Waals surface area contributed by atoms with Crippen molar-refractivity contribution < 1.29 is 22.7 Å². The summed E-state index contributed by atoms with van der Waals surface area (Å²) in [5.74, 6) is -0.774. The fraction of sp³-hybridized carbons (Fsp3) is 0.538. The van der Waals surface area contributed by atoms with Crippen molar-refractivity contribution in [3.8, 4) is 0 Å². The Morgan fingerprint density at radius 1 is 1.43 bits per heavy atom. The second-order valence-corrected chi connectivity index (χ2v) is 4.37. The second kappa shape index (κ2) is 7.82. The van der Waals surface area contributed by atoms with Crippen LogP contribution in [0.25, 0.3) is 0 Å². The lowest BCUT2D eigenvalue weighted by molar-refractivity contribution is -0.141. The van der Waals surface area contributed by atoms with E-state index in [1.807, 2.05) is 0 Å². The second-order valence-electron chi connectivity index (χ2n) is 4.37. The van der Waals surface area contributed by atoms with Crippen molar-refractivity contribution in [3.63, 3.8) is 0 Å². The number of hydrogen-bond donors (Lipinski definition) is 1. The van der Waals surface area contributed by atoms with Crippen LogP contribution in [0.4, 0.5) is 18.9 Å². The summed E-state index contributed by atoms with van der Waals surface area (Å²) >= 11 is 0. The highest BCUT2D eigenvalue weighted by molar-refractivity contribution is 5.92. The van der Waals surface area contributed by atoms with E-state index in [1.165, 1.54) is 18.3 Å². The van der Waals surface area contributed by atoms with Crippen molar-refractivity contribution in [2.75, 3.05) is 32.0 Å². The molecule has 0 aliphatic rings. The number of nitrogen functional groups attached to an aromatic ring is 1. The first-order chi connectivity index (χ1) is 9.83. The molecule has 0 unspecified atom stereocenters. The van der Waals surface area contributed by atoms with Gasteiger partial charge in [-0.05, 0) is 25.5 Å². The van der Waals surface area contributed by atoms with E-state index >= 15 is 0 Å². The molecule has 0 atom stereocenters. The standard InChI is InChI=1S/C13H18F3N3O2/c1-2-21-7-3-6-19(9-13(14,15)16)12(20)11-5-4-10(17)8-18-11/h4-5,8H,2-3,6-7,9,17H2,1H3. The van der Waals surface area contributed by atoms with E-state index in [-0.39, 0.29) is 12.2 Å². The zero-order valence-electron chi connectivity index (χ0n) is 11.7.